The van der Waals surface area contributed by atoms with Gasteiger partial charge in [0, 0.05) is 6.42 Å². The normalized spacial score (nSPS) is 13.0. The van der Waals surface area contributed by atoms with Crippen molar-refractivity contribution in [2.75, 3.05) is 19.0 Å². The molecule has 31 heavy (non-hydrogen) atoms. The van der Waals surface area contributed by atoms with Crippen molar-refractivity contribution < 1.29 is 40.3 Å². The van der Waals surface area contributed by atoms with Crippen LogP contribution in [0.15, 0.2) is 35.7 Å². The van der Waals surface area contributed by atoms with Gasteiger partial charge in [0.1, 0.15) is 20.3 Å². The summed E-state index contributed by atoms with van der Waals surface area (Å²) in [6, 6.07) is 6.92. The van der Waals surface area contributed by atoms with E-state index in [2.05, 4.69) is 6.58 Å². The van der Waals surface area contributed by atoms with Gasteiger partial charge in [-0.25, -0.2) is 13.0 Å². The van der Waals surface area contributed by atoms with Crippen LogP contribution in [0.25, 0.3) is 6.08 Å². The van der Waals surface area contributed by atoms with Gasteiger partial charge in [-0.2, -0.15) is 8.78 Å². The zero-order valence-corrected chi connectivity index (χ0v) is 17.9. The van der Waals surface area contributed by atoms with E-state index in [0.29, 0.717) is 5.75 Å². The number of rotatable bonds is 10. The van der Waals surface area contributed by atoms with E-state index in [1.165, 1.54) is 13.8 Å². The Morgan fingerprint density at radius 1 is 0.968 bits per heavy atom. The maximum Gasteiger partial charge on any atom is 0.205 e. The Bertz CT molecular complexity index is 986. The fraction of sp³-hybridized carbons (Fsp3) is 0.333. The van der Waals surface area contributed by atoms with Crippen molar-refractivity contribution in [3.8, 4) is 11.5 Å². The Hall–Kier alpha value is -2.43. The van der Waals surface area contributed by atoms with E-state index in [4.69, 9.17) is 9.47 Å². The molecule has 0 fully saturated rings. The summed E-state index contributed by atoms with van der Waals surface area (Å²) in [5.41, 5.74) is 0.888. The summed E-state index contributed by atoms with van der Waals surface area (Å²) in [7, 11) is -6.17. The van der Waals surface area contributed by atoms with Crippen molar-refractivity contribution in [3.63, 3.8) is 0 Å². The van der Waals surface area contributed by atoms with Crippen LogP contribution in [0.1, 0.15) is 25.8 Å². The van der Waals surface area contributed by atoms with Crippen LogP contribution in [0.2, 0.25) is 0 Å². The molecule has 0 radical (unpaired) electrons. The van der Waals surface area contributed by atoms with Gasteiger partial charge in [0.2, 0.25) is 11.6 Å². The van der Waals surface area contributed by atoms with Crippen molar-refractivity contribution in [3.05, 3.63) is 59.7 Å². The predicted molar refractivity (Wildman–Crippen MR) is 110 cm³/mol. The standard InChI is InChI=1S/C21H24F4O5S/c1-4-14-6-8-15(9-7-14)29-10-5-11-30-20-16(22)18(24)21(19(25)17(20)23)31(26,27,28)12-13(2)3/h4,6-9,13H,1,5,10-12H2,2-3H3,(H2,26,27,28). The molecule has 0 bridgehead atoms. The second kappa shape index (κ2) is 9.37. The first-order valence-corrected chi connectivity index (χ1v) is 11.4. The highest BCUT2D eigenvalue weighted by Crippen LogP contribution is 2.40. The molecule has 0 aliphatic heterocycles. The third kappa shape index (κ3) is 5.84. The quantitative estimate of drug-likeness (QED) is 0.275. The predicted octanol–water partition coefficient (Wildman–Crippen LogP) is 5.51. The summed E-state index contributed by atoms with van der Waals surface area (Å²) in [6.45, 7) is 6.11. The molecule has 5 nitrogen and oxygen atoms in total. The van der Waals surface area contributed by atoms with Crippen LogP contribution in [0.5, 0.6) is 11.5 Å². The zero-order chi connectivity index (χ0) is 23.4. The van der Waals surface area contributed by atoms with Crippen LogP contribution < -0.4 is 9.47 Å². The number of hydrogen-bond donors (Lipinski definition) is 2. The lowest BCUT2D eigenvalue weighted by Gasteiger charge is -2.33. The van der Waals surface area contributed by atoms with Gasteiger partial charge in [-0.1, -0.05) is 38.6 Å². The summed E-state index contributed by atoms with van der Waals surface area (Å²) in [4.78, 5) is -1.95. The molecule has 2 aromatic carbocycles. The van der Waals surface area contributed by atoms with Gasteiger partial charge in [0.05, 0.1) is 19.0 Å². The molecule has 0 amide bonds. The first-order valence-electron chi connectivity index (χ1n) is 9.35. The number of halogens is 4. The molecule has 172 valence electrons. The van der Waals surface area contributed by atoms with Crippen LogP contribution >= 0.6 is 0 Å². The lowest BCUT2D eigenvalue weighted by molar-refractivity contribution is 0.226. The highest BCUT2D eigenvalue weighted by molar-refractivity contribution is 8.10. The van der Waals surface area contributed by atoms with Crippen LogP contribution in [-0.4, -0.2) is 32.3 Å². The topological polar surface area (TPSA) is 76.0 Å². The Morgan fingerprint density at radius 2 is 1.48 bits per heavy atom. The third-order valence-electron chi connectivity index (χ3n) is 4.15. The largest absolute Gasteiger partial charge is 0.493 e. The molecule has 10 heteroatoms. The zero-order valence-electron chi connectivity index (χ0n) is 17.0. The first-order chi connectivity index (χ1) is 14.4. The Balaban J connectivity index is 2.12. The average molecular weight is 464 g/mol. The Kier molecular flexibility index (Phi) is 7.51. The molecule has 0 saturated carbocycles. The summed E-state index contributed by atoms with van der Waals surface area (Å²) in [6.07, 6.45) is 1.77. The average Bonchev–Trinajstić information content (AvgIpc) is 2.67. The van der Waals surface area contributed by atoms with E-state index >= 15 is 0 Å². The molecule has 0 atom stereocenters. The second-order valence-corrected chi connectivity index (χ2v) is 10.1. The summed E-state index contributed by atoms with van der Waals surface area (Å²) >= 11 is 0. The minimum absolute atomic E-state index is 0.0808. The maximum absolute atomic E-state index is 14.4. The van der Waals surface area contributed by atoms with Crippen LogP contribution in [0.4, 0.5) is 17.6 Å². The van der Waals surface area contributed by atoms with Crippen molar-refractivity contribution in [1.29, 1.82) is 0 Å². The molecule has 0 aromatic heterocycles. The maximum atomic E-state index is 14.4. The van der Waals surface area contributed by atoms with Crippen LogP contribution in [0.3, 0.4) is 0 Å². The third-order valence-corrected chi connectivity index (χ3v) is 6.59. The molecular weight excluding hydrogens is 440 g/mol. The molecule has 0 aliphatic carbocycles. The van der Waals surface area contributed by atoms with Gasteiger partial charge in [-0.15, -0.1) is 0 Å². The molecule has 0 heterocycles. The Morgan fingerprint density at radius 3 is 1.97 bits per heavy atom. The summed E-state index contributed by atoms with van der Waals surface area (Å²) in [5, 5.41) is 0. The van der Waals surface area contributed by atoms with Gasteiger partial charge >= 0.3 is 0 Å². The minimum atomic E-state index is -6.17. The monoisotopic (exact) mass is 464 g/mol. The number of ether oxygens (including phenoxy) is 2. The van der Waals surface area contributed by atoms with Gasteiger partial charge < -0.3 is 18.6 Å². The fourth-order valence-corrected chi connectivity index (χ4v) is 5.15. The molecule has 0 aliphatic rings. The van der Waals surface area contributed by atoms with E-state index in [0.717, 1.165) is 5.56 Å². The highest BCUT2D eigenvalue weighted by atomic mass is 32.3. The molecule has 2 rings (SSSR count). The van der Waals surface area contributed by atoms with E-state index < -0.39 is 55.2 Å². The van der Waals surface area contributed by atoms with Crippen molar-refractivity contribution in [1.82, 2.24) is 0 Å². The van der Waals surface area contributed by atoms with E-state index in [-0.39, 0.29) is 19.6 Å². The fourth-order valence-electron chi connectivity index (χ4n) is 2.89. The van der Waals surface area contributed by atoms with Gasteiger partial charge in [-0.05, 0) is 23.6 Å². The van der Waals surface area contributed by atoms with Crippen LogP contribution in [0, 0.1) is 29.2 Å². The van der Waals surface area contributed by atoms with Crippen LogP contribution in [-0.2, 0) is 9.63 Å². The van der Waals surface area contributed by atoms with Crippen molar-refractivity contribution >= 4 is 15.7 Å². The summed E-state index contributed by atoms with van der Waals surface area (Å²) < 4.78 is 99.8. The molecule has 2 N–H and O–H groups in total. The van der Waals surface area contributed by atoms with E-state index in [1.54, 1.807) is 30.3 Å². The summed E-state index contributed by atoms with van der Waals surface area (Å²) in [5.74, 6) is -11.0. The van der Waals surface area contributed by atoms with Crippen molar-refractivity contribution in [2.24, 2.45) is 5.92 Å². The molecule has 2 aromatic rings. The SMILES string of the molecule is C=Cc1ccc(OCCCOc2c(F)c(F)c(S(=O)(O)(O)CC(C)C)c(F)c2F)cc1. The van der Waals surface area contributed by atoms with E-state index in [1.807, 2.05) is 0 Å². The number of hydrogen-bond acceptors (Lipinski definition) is 3. The van der Waals surface area contributed by atoms with Gasteiger partial charge in [0.15, 0.2) is 17.4 Å². The molecule has 0 spiro atoms. The lowest BCUT2D eigenvalue weighted by atomic mass is 10.2. The smallest absolute Gasteiger partial charge is 0.205 e. The first kappa shape index (κ1) is 24.8. The Labute approximate surface area is 177 Å². The lowest BCUT2D eigenvalue weighted by Crippen LogP contribution is -2.40. The van der Waals surface area contributed by atoms with E-state index in [9.17, 15) is 30.9 Å². The second-order valence-electron chi connectivity index (χ2n) is 7.32. The molecular formula is C21H24F4O5S. The van der Waals surface area contributed by atoms with Gasteiger partial charge in [0.25, 0.3) is 0 Å². The van der Waals surface area contributed by atoms with Gasteiger partial charge in [-0.3, -0.25) is 0 Å². The highest BCUT2D eigenvalue weighted by Gasteiger charge is 2.44. The molecule has 0 unspecified atom stereocenters. The molecule has 0 saturated heterocycles. The number of benzene rings is 2. The minimum Gasteiger partial charge on any atom is -0.493 e. The van der Waals surface area contributed by atoms with Crippen molar-refractivity contribution in [2.45, 2.75) is 25.2 Å².